The fourth-order valence-electron chi connectivity index (χ4n) is 4.04. The summed E-state index contributed by atoms with van der Waals surface area (Å²) < 4.78 is 1.51. The van der Waals surface area contributed by atoms with Crippen LogP contribution in [0.3, 0.4) is 0 Å². The van der Waals surface area contributed by atoms with Gasteiger partial charge < -0.3 is 15.0 Å². The second-order valence-electron chi connectivity index (χ2n) is 7.05. The molecule has 2 aromatic heterocycles. The summed E-state index contributed by atoms with van der Waals surface area (Å²) in [5.41, 5.74) is -0.497. The summed E-state index contributed by atoms with van der Waals surface area (Å²) in [7, 11) is 1.52. The number of hydrogen-bond acceptors (Lipinski definition) is 4. The predicted molar refractivity (Wildman–Crippen MR) is 98.9 cm³/mol. The molecule has 1 aliphatic rings. The number of rotatable bonds is 3. The van der Waals surface area contributed by atoms with Crippen molar-refractivity contribution in [2.75, 3.05) is 7.05 Å². The fourth-order valence-corrected chi connectivity index (χ4v) is 4.04. The summed E-state index contributed by atoms with van der Waals surface area (Å²) in [6.45, 7) is 0. The SMILES string of the molecule is CN(C(=O)c1cnn2c1[nH]c(=O)c1ccccc12)C1(C(=O)O)CCCCC1. The quantitative estimate of drug-likeness (QED) is 0.735. The highest BCUT2D eigenvalue weighted by molar-refractivity contribution is 6.02. The van der Waals surface area contributed by atoms with Crippen molar-refractivity contribution in [3.8, 4) is 0 Å². The number of carboxylic acid groups (broad SMARTS) is 1. The second-order valence-corrected chi connectivity index (χ2v) is 7.05. The lowest BCUT2D eigenvalue weighted by Gasteiger charge is -2.40. The average molecular weight is 368 g/mol. The molecule has 140 valence electrons. The van der Waals surface area contributed by atoms with Crippen molar-refractivity contribution < 1.29 is 14.7 Å². The van der Waals surface area contributed by atoms with E-state index in [1.165, 1.54) is 22.7 Å². The molecule has 0 aliphatic heterocycles. The van der Waals surface area contributed by atoms with Gasteiger partial charge in [0.1, 0.15) is 16.7 Å². The first-order chi connectivity index (χ1) is 13.0. The molecule has 27 heavy (non-hydrogen) atoms. The zero-order valence-electron chi connectivity index (χ0n) is 14.9. The molecule has 1 saturated carbocycles. The van der Waals surface area contributed by atoms with Gasteiger partial charge in [-0.1, -0.05) is 31.4 Å². The van der Waals surface area contributed by atoms with E-state index in [0.29, 0.717) is 23.7 Å². The Bertz CT molecular complexity index is 1110. The fraction of sp³-hybridized carbons (Fsp3) is 0.368. The van der Waals surface area contributed by atoms with E-state index in [1.807, 2.05) is 0 Å². The number of carbonyl (C=O) groups is 2. The van der Waals surface area contributed by atoms with Crippen molar-refractivity contribution in [1.29, 1.82) is 0 Å². The number of hydrogen-bond donors (Lipinski definition) is 2. The Kier molecular flexibility index (Phi) is 3.98. The van der Waals surface area contributed by atoms with Crippen molar-refractivity contribution in [3.05, 3.63) is 46.4 Å². The van der Waals surface area contributed by atoms with Crippen molar-refractivity contribution in [3.63, 3.8) is 0 Å². The van der Waals surface area contributed by atoms with Gasteiger partial charge in [0.05, 0.1) is 17.1 Å². The maximum Gasteiger partial charge on any atom is 0.329 e. The number of para-hydroxylation sites is 1. The van der Waals surface area contributed by atoms with Crippen LogP contribution in [-0.2, 0) is 4.79 Å². The van der Waals surface area contributed by atoms with E-state index in [-0.39, 0.29) is 16.8 Å². The second kappa shape index (κ2) is 6.22. The largest absolute Gasteiger partial charge is 0.479 e. The number of likely N-dealkylation sites (N-methyl/N-ethyl adjacent to an activating group) is 1. The van der Waals surface area contributed by atoms with Crippen molar-refractivity contribution >= 4 is 28.4 Å². The summed E-state index contributed by atoms with van der Waals surface area (Å²) in [5.74, 6) is -1.45. The standard InChI is InChI=1S/C19H20N4O4/c1-22(19(18(26)27)9-5-2-6-10-19)17(25)13-11-20-23-14-8-4-3-7-12(14)16(24)21-15(13)23/h3-4,7-8,11H,2,5-6,9-10H2,1H3,(H,21,24)(H,26,27). The average Bonchev–Trinajstić information content (AvgIpc) is 3.11. The number of carboxylic acids is 1. The maximum absolute atomic E-state index is 13.2. The summed E-state index contributed by atoms with van der Waals surface area (Å²) in [4.78, 5) is 41.6. The van der Waals surface area contributed by atoms with Crippen LogP contribution in [0.4, 0.5) is 0 Å². The molecule has 3 aromatic rings. The zero-order chi connectivity index (χ0) is 19.2. The van der Waals surface area contributed by atoms with Gasteiger partial charge in [0.15, 0.2) is 0 Å². The van der Waals surface area contributed by atoms with Gasteiger partial charge in [0, 0.05) is 7.05 Å². The highest BCUT2D eigenvalue weighted by Crippen LogP contribution is 2.34. The molecular weight excluding hydrogens is 348 g/mol. The number of nitrogens with one attached hydrogen (secondary N) is 1. The Balaban J connectivity index is 1.83. The lowest BCUT2D eigenvalue weighted by molar-refractivity contribution is -0.151. The number of H-pyrrole nitrogens is 1. The van der Waals surface area contributed by atoms with Crippen LogP contribution in [-0.4, -0.2) is 49.1 Å². The molecule has 8 nitrogen and oxygen atoms in total. The van der Waals surface area contributed by atoms with Crippen molar-refractivity contribution in [2.45, 2.75) is 37.6 Å². The van der Waals surface area contributed by atoms with E-state index in [2.05, 4.69) is 10.1 Å². The van der Waals surface area contributed by atoms with Crippen LogP contribution in [0.1, 0.15) is 42.5 Å². The molecule has 1 amide bonds. The van der Waals surface area contributed by atoms with Gasteiger partial charge in [-0.2, -0.15) is 5.10 Å². The monoisotopic (exact) mass is 368 g/mol. The molecule has 0 unspecified atom stereocenters. The van der Waals surface area contributed by atoms with Crippen LogP contribution < -0.4 is 5.56 Å². The van der Waals surface area contributed by atoms with Crippen LogP contribution >= 0.6 is 0 Å². The lowest BCUT2D eigenvalue weighted by atomic mass is 9.80. The van der Waals surface area contributed by atoms with Crippen LogP contribution in [0, 0.1) is 0 Å². The van der Waals surface area contributed by atoms with Gasteiger partial charge >= 0.3 is 5.97 Å². The summed E-state index contributed by atoms with van der Waals surface area (Å²) in [5, 5.41) is 14.6. The Hall–Kier alpha value is -3.16. The third-order valence-corrected chi connectivity index (χ3v) is 5.63. The third kappa shape index (κ3) is 2.51. The molecule has 0 radical (unpaired) electrons. The molecule has 4 rings (SSSR count). The first-order valence-corrected chi connectivity index (χ1v) is 8.96. The Labute approximate surface area is 154 Å². The minimum absolute atomic E-state index is 0.187. The van der Waals surface area contributed by atoms with E-state index in [0.717, 1.165) is 19.3 Å². The highest BCUT2D eigenvalue weighted by Gasteiger charge is 2.46. The number of aromatic amines is 1. The molecule has 1 aliphatic carbocycles. The number of amides is 1. The normalized spacial score (nSPS) is 16.5. The Morgan fingerprint density at radius 3 is 2.63 bits per heavy atom. The highest BCUT2D eigenvalue weighted by atomic mass is 16.4. The maximum atomic E-state index is 13.2. The Morgan fingerprint density at radius 1 is 1.22 bits per heavy atom. The molecule has 0 saturated heterocycles. The van der Waals surface area contributed by atoms with Gasteiger partial charge in [0.25, 0.3) is 11.5 Å². The molecular formula is C19H20N4O4. The minimum Gasteiger partial charge on any atom is -0.479 e. The molecule has 0 bridgehead atoms. The van der Waals surface area contributed by atoms with Gasteiger partial charge in [-0.15, -0.1) is 0 Å². The number of aliphatic carboxylic acids is 1. The first-order valence-electron chi connectivity index (χ1n) is 8.96. The Morgan fingerprint density at radius 2 is 1.93 bits per heavy atom. The zero-order valence-corrected chi connectivity index (χ0v) is 14.9. The molecule has 2 N–H and O–H groups in total. The number of aromatic nitrogens is 3. The van der Waals surface area contributed by atoms with Crippen molar-refractivity contribution in [1.82, 2.24) is 19.5 Å². The van der Waals surface area contributed by atoms with Gasteiger partial charge in [-0.3, -0.25) is 9.59 Å². The van der Waals surface area contributed by atoms with Crippen LogP contribution in [0.25, 0.3) is 16.6 Å². The van der Waals surface area contributed by atoms with E-state index >= 15 is 0 Å². The van der Waals surface area contributed by atoms with Crippen LogP contribution in [0.5, 0.6) is 0 Å². The minimum atomic E-state index is -1.22. The van der Waals surface area contributed by atoms with E-state index in [1.54, 1.807) is 24.3 Å². The molecule has 1 aromatic carbocycles. The third-order valence-electron chi connectivity index (χ3n) is 5.63. The van der Waals surface area contributed by atoms with Gasteiger partial charge in [-0.05, 0) is 25.0 Å². The van der Waals surface area contributed by atoms with Crippen molar-refractivity contribution in [2.24, 2.45) is 0 Å². The lowest BCUT2D eigenvalue weighted by Crippen LogP contribution is -2.56. The summed E-state index contributed by atoms with van der Waals surface area (Å²) in [6, 6.07) is 6.98. The van der Waals surface area contributed by atoms with Gasteiger partial charge in [-0.25, -0.2) is 9.31 Å². The molecule has 8 heteroatoms. The smallest absolute Gasteiger partial charge is 0.329 e. The number of carbonyl (C=O) groups excluding carboxylic acids is 1. The molecule has 1 fully saturated rings. The summed E-state index contributed by atoms with van der Waals surface area (Å²) >= 11 is 0. The predicted octanol–water partition coefficient (Wildman–Crippen LogP) is 2.04. The number of fused-ring (bicyclic) bond motifs is 3. The molecule has 2 heterocycles. The first kappa shape index (κ1) is 17.3. The van der Waals surface area contributed by atoms with Crippen LogP contribution in [0.2, 0.25) is 0 Å². The van der Waals surface area contributed by atoms with E-state index in [4.69, 9.17) is 0 Å². The van der Waals surface area contributed by atoms with Gasteiger partial charge in [0.2, 0.25) is 0 Å². The van der Waals surface area contributed by atoms with E-state index < -0.39 is 17.4 Å². The van der Waals surface area contributed by atoms with Crippen LogP contribution in [0.15, 0.2) is 35.3 Å². The number of benzene rings is 1. The summed E-state index contributed by atoms with van der Waals surface area (Å²) in [6.07, 6.45) is 4.72. The van der Waals surface area contributed by atoms with E-state index in [9.17, 15) is 19.5 Å². The number of nitrogens with zero attached hydrogens (tertiary/aromatic N) is 3. The molecule has 0 atom stereocenters. The topological polar surface area (TPSA) is 108 Å². The molecule has 0 spiro atoms.